The van der Waals surface area contributed by atoms with Crippen LogP contribution in [0.15, 0.2) is 24.3 Å². The maximum Gasteiger partial charge on any atom is 0.407 e. The van der Waals surface area contributed by atoms with Crippen LogP contribution in [0.1, 0.15) is 31.9 Å². The third kappa shape index (κ3) is 4.24. The van der Waals surface area contributed by atoms with Crippen LogP contribution >= 0.6 is 0 Å². The smallest absolute Gasteiger partial charge is 0.407 e. The molecule has 4 nitrogen and oxygen atoms in total. The Morgan fingerprint density at radius 3 is 2.74 bits per heavy atom. The van der Waals surface area contributed by atoms with Gasteiger partial charge in [-0.3, -0.25) is 0 Å². The highest BCUT2D eigenvalue weighted by Crippen LogP contribution is 2.16. The summed E-state index contributed by atoms with van der Waals surface area (Å²) in [7, 11) is 0. The van der Waals surface area contributed by atoms with Crippen LogP contribution in [-0.4, -0.2) is 24.3 Å². The number of carbonyl (C=O) groups is 1. The standard InChI is InChI=1S/C15H22N2O2/c1-15(2,3)17-14(18)19-10-13-8-11-6-4-5-7-12(11)9-16-13/h4-7,13,16H,8-10H2,1-3H3,(H,17,18)/t13-/m0/s1. The lowest BCUT2D eigenvalue weighted by Gasteiger charge is -2.26. The number of nitrogens with one attached hydrogen (secondary N) is 2. The molecule has 1 amide bonds. The first-order valence-corrected chi connectivity index (χ1v) is 6.69. The second kappa shape index (κ2) is 5.61. The van der Waals surface area contributed by atoms with Gasteiger partial charge >= 0.3 is 6.09 Å². The third-order valence-electron chi connectivity index (χ3n) is 3.06. The van der Waals surface area contributed by atoms with E-state index in [9.17, 15) is 4.79 Å². The van der Waals surface area contributed by atoms with Crippen LogP contribution in [0.2, 0.25) is 0 Å². The summed E-state index contributed by atoms with van der Waals surface area (Å²) < 4.78 is 5.26. The van der Waals surface area contributed by atoms with E-state index in [4.69, 9.17) is 4.74 Å². The van der Waals surface area contributed by atoms with E-state index in [0.717, 1.165) is 13.0 Å². The molecule has 0 aromatic heterocycles. The van der Waals surface area contributed by atoms with Crippen molar-refractivity contribution in [2.75, 3.05) is 6.61 Å². The molecular weight excluding hydrogens is 240 g/mol. The quantitative estimate of drug-likeness (QED) is 0.859. The summed E-state index contributed by atoms with van der Waals surface area (Å²) in [4.78, 5) is 11.6. The summed E-state index contributed by atoms with van der Waals surface area (Å²) in [6.07, 6.45) is 0.548. The van der Waals surface area contributed by atoms with Gasteiger partial charge in [0.25, 0.3) is 0 Å². The van der Waals surface area contributed by atoms with E-state index in [-0.39, 0.29) is 17.7 Å². The zero-order valence-corrected chi connectivity index (χ0v) is 11.8. The highest BCUT2D eigenvalue weighted by Gasteiger charge is 2.20. The number of hydrogen-bond acceptors (Lipinski definition) is 3. The van der Waals surface area contributed by atoms with E-state index in [0.29, 0.717) is 6.61 Å². The van der Waals surface area contributed by atoms with Gasteiger partial charge in [0, 0.05) is 18.1 Å². The Bertz CT molecular complexity index is 452. The molecule has 1 heterocycles. The minimum absolute atomic E-state index is 0.195. The molecule has 4 heteroatoms. The highest BCUT2D eigenvalue weighted by atomic mass is 16.5. The van der Waals surface area contributed by atoms with Crippen LogP contribution in [0.3, 0.4) is 0 Å². The van der Waals surface area contributed by atoms with Gasteiger partial charge in [-0.15, -0.1) is 0 Å². The number of amides is 1. The zero-order valence-electron chi connectivity index (χ0n) is 11.8. The van der Waals surface area contributed by atoms with Crippen molar-refractivity contribution in [2.24, 2.45) is 0 Å². The molecule has 0 unspecified atom stereocenters. The Hall–Kier alpha value is -1.55. The Balaban J connectivity index is 1.81. The Kier molecular flexibility index (Phi) is 4.10. The molecule has 1 aromatic carbocycles. The first-order chi connectivity index (χ1) is 8.94. The van der Waals surface area contributed by atoms with Crippen molar-refractivity contribution in [3.63, 3.8) is 0 Å². The Morgan fingerprint density at radius 1 is 1.37 bits per heavy atom. The number of alkyl carbamates (subject to hydrolysis) is 1. The SMILES string of the molecule is CC(C)(C)NC(=O)OC[C@@H]1Cc2ccccc2CN1. The summed E-state index contributed by atoms with van der Waals surface area (Å²) in [5.41, 5.74) is 2.41. The first-order valence-electron chi connectivity index (χ1n) is 6.69. The molecule has 0 radical (unpaired) electrons. The maximum atomic E-state index is 11.6. The Morgan fingerprint density at radius 2 is 2.05 bits per heavy atom. The van der Waals surface area contributed by atoms with Gasteiger partial charge < -0.3 is 15.4 Å². The second-order valence-corrected chi connectivity index (χ2v) is 6.02. The van der Waals surface area contributed by atoms with Gasteiger partial charge in [-0.25, -0.2) is 4.79 Å². The van der Waals surface area contributed by atoms with Gasteiger partial charge in [0.2, 0.25) is 0 Å². The van der Waals surface area contributed by atoms with Crippen molar-refractivity contribution in [3.8, 4) is 0 Å². The minimum atomic E-state index is -0.354. The molecule has 104 valence electrons. The number of hydrogen-bond donors (Lipinski definition) is 2. The fourth-order valence-corrected chi connectivity index (χ4v) is 2.16. The van der Waals surface area contributed by atoms with Crippen LogP contribution < -0.4 is 10.6 Å². The fraction of sp³-hybridized carbons (Fsp3) is 0.533. The largest absolute Gasteiger partial charge is 0.448 e. The maximum absolute atomic E-state index is 11.6. The van der Waals surface area contributed by atoms with Crippen LogP contribution in [0.5, 0.6) is 0 Å². The predicted molar refractivity (Wildman–Crippen MR) is 75.0 cm³/mol. The number of carbonyl (C=O) groups excluding carboxylic acids is 1. The van der Waals surface area contributed by atoms with Gasteiger partial charge in [0.1, 0.15) is 6.61 Å². The van der Waals surface area contributed by atoms with Crippen molar-refractivity contribution in [2.45, 2.75) is 45.3 Å². The van der Waals surface area contributed by atoms with Gasteiger partial charge in [-0.05, 0) is 38.3 Å². The molecule has 1 atom stereocenters. The van der Waals surface area contributed by atoms with Crippen LogP contribution in [0.4, 0.5) is 4.79 Å². The summed E-state index contributed by atoms with van der Waals surface area (Å²) in [6.45, 7) is 7.04. The highest BCUT2D eigenvalue weighted by molar-refractivity contribution is 5.68. The van der Waals surface area contributed by atoms with Gasteiger partial charge in [0.15, 0.2) is 0 Å². The van der Waals surface area contributed by atoms with E-state index < -0.39 is 0 Å². The minimum Gasteiger partial charge on any atom is -0.448 e. The molecule has 1 aliphatic rings. The summed E-state index contributed by atoms with van der Waals surface area (Å²) in [5.74, 6) is 0. The molecule has 1 aliphatic heterocycles. The lowest BCUT2D eigenvalue weighted by Crippen LogP contribution is -2.44. The molecule has 19 heavy (non-hydrogen) atoms. The van der Waals surface area contributed by atoms with Crippen molar-refractivity contribution < 1.29 is 9.53 Å². The number of rotatable bonds is 2. The van der Waals surface area contributed by atoms with Gasteiger partial charge in [-0.2, -0.15) is 0 Å². The predicted octanol–water partition coefficient (Wildman–Crippen LogP) is 2.23. The Labute approximate surface area is 114 Å². The number of ether oxygens (including phenoxy) is 1. The molecule has 1 aromatic rings. The topological polar surface area (TPSA) is 50.4 Å². The average molecular weight is 262 g/mol. The molecular formula is C15H22N2O2. The van der Waals surface area contributed by atoms with E-state index >= 15 is 0 Å². The van der Waals surface area contributed by atoms with Crippen molar-refractivity contribution in [3.05, 3.63) is 35.4 Å². The van der Waals surface area contributed by atoms with Crippen LogP contribution in [0, 0.1) is 0 Å². The summed E-state index contributed by atoms with van der Waals surface area (Å²) >= 11 is 0. The lowest BCUT2D eigenvalue weighted by atomic mass is 9.96. The first kappa shape index (κ1) is 13.9. The molecule has 0 spiro atoms. The number of benzene rings is 1. The van der Waals surface area contributed by atoms with E-state index in [1.807, 2.05) is 32.9 Å². The second-order valence-electron chi connectivity index (χ2n) is 6.02. The molecule has 0 saturated heterocycles. The molecule has 0 saturated carbocycles. The molecule has 2 N–H and O–H groups in total. The van der Waals surface area contributed by atoms with E-state index in [1.54, 1.807) is 0 Å². The summed E-state index contributed by atoms with van der Waals surface area (Å²) in [6, 6.07) is 8.56. The zero-order chi connectivity index (χ0) is 13.9. The van der Waals surface area contributed by atoms with Crippen LogP contribution in [-0.2, 0) is 17.7 Å². The van der Waals surface area contributed by atoms with Gasteiger partial charge in [-0.1, -0.05) is 24.3 Å². The third-order valence-corrected chi connectivity index (χ3v) is 3.06. The average Bonchev–Trinajstić information content (AvgIpc) is 2.34. The molecule has 0 fully saturated rings. The van der Waals surface area contributed by atoms with Crippen LogP contribution in [0.25, 0.3) is 0 Å². The lowest BCUT2D eigenvalue weighted by molar-refractivity contribution is 0.124. The molecule has 0 bridgehead atoms. The van der Waals surface area contributed by atoms with Crippen molar-refractivity contribution >= 4 is 6.09 Å². The molecule has 2 rings (SSSR count). The molecule has 0 aliphatic carbocycles. The van der Waals surface area contributed by atoms with E-state index in [2.05, 4.69) is 22.8 Å². The van der Waals surface area contributed by atoms with E-state index in [1.165, 1.54) is 11.1 Å². The van der Waals surface area contributed by atoms with Gasteiger partial charge in [0.05, 0.1) is 0 Å². The monoisotopic (exact) mass is 262 g/mol. The normalized spacial score (nSPS) is 18.6. The van der Waals surface area contributed by atoms with Crippen molar-refractivity contribution in [1.82, 2.24) is 10.6 Å². The van der Waals surface area contributed by atoms with Crippen molar-refractivity contribution in [1.29, 1.82) is 0 Å². The fourth-order valence-electron chi connectivity index (χ4n) is 2.16. The number of fused-ring (bicyclic) bond motifs is 1. The summed E-state index contributed by atoms with van der Waals surface area (Å²) in [5, 5.41) is 6.18.